The quantitative estimate of drug-likeness (QED) is 0.469. The number of anilines is 1. The van der Waals surface area contributed by atoms with Gasteiger partial charge in [0.05, 0.1) is 18.8 Å². The predicted octanol–water partition coefficient (Wildman–Crippen LogP) is 5.01. The van der Waals surface area contributed by atoms with E-state index in [-0.39, 0.29) is 18.8 Å². The molecule has 1 aromatic rings. The van der Waals surface area contributed by atoms with E-state index in [0.717, 1.165) is 17.8 Å². The summed E-state index contributed by atoms with van der Waals surface area (Å²) in [6.45, 7) is 5.83. The first-order valence-electron chi connectivity index (χ1n) is 11.3. The molecule has 1 aromatic heterocycles. The maximum Gasteiger partial charge on any atom is 0.348 e. The molecule has 4 bridgehead atoms. The van der Waals surface area contributed by atoms with E-state index in [4.69, 9.17) is 21.7 Å². The molecular weight excluding hydrogens is 432 g/mol. The zero-order valence-corrected chi connectivity index (χ0v) is 20.4. The molecule has 170 valence electrons. The van der Waals surface area contributed by atoms with Crippen LogP contribution in [0.25, 0.3) is 0 Å². The number of nitrogens with zero attached hydrogens (tertiary/aromatic N) is 1. The Kier molecular flexibility index (Phi) is 6.32. The van der Waals surface area contributed by atoms with Gasteiger partial charge >= 0.3 is 11.9 Å². The second-order valence-electron chi connectivity index (χ2n) is 9.33. The summed E-state index contributed by atoms with van der Waals surface area (Å²) in [5, 5.41) is 4.46. The summed E-state index contributed by atoms with van der Waals surface area (Å²) in [6.07, 6.45) is 7.69. The molecule has 1 N–H and O–H groups in total. The summed E-state index contributed by atoms with van der Waals surface area (Å²) < 4.78 is 10.4. The highest BCUT2D eigenvalue weighted by Gasteiger charge is 2.53. The van der Waals surface area contributed by atoms with Gasteiger partial charge in [-0.3, -0.25) is 0 Å². The first kappa shape index (κ1) is 22.5. The van der Waals surface area contributed by atoms with E-state index in [0.29, 0.717) is 26.1 Å². The monoisotopic (exact) mass is 464 g/mol. The van der Waals surface area contributed by atoms with Crippen LogP contribution in [0.2, 0.25) is 0 Å². The van der Waals surface area contributed by atoms with Crippen molar-refractivity contribution in [3.8, 4) is 0 Å². The lowest BCUT2D eigenvalue weighted by atomic mass is 9.52. The van der Waals surface area contributed by atoms with Gasteiger partial charge in [-0.2, -0.15) is 0 Å². The lowest BCUT2D eigenvalue weighted by Crippen LogP contribution is -2.60. The van der Waals surface area contributed by atoms with Gasteiger partial charge in [-0.1, -0.05) is 0 Å². The fourth-order valence-electron chi connectivity index (χ4n) is 6.31. The van der Waals surface area contributed by atoms with E-state index in [1.54, 1.807) is 20.8 Å². The summed E-state index contributed by atoms with van der Waals surface area (Å²) in [4.78, 5) is 27.8. The fraction of sp³-hybridized carbons (Fsp3) is 0.696. The highest BCUT2D eigenvalue weighted by Crippen LogP contribution is 2.57. The number of thiophene rings is 1. The Morgan fingerprint density at radius 3 is 2.10 bits per heavy atom. The van der Waals surface area contributed by atoms with Gasteiger partial charge in [0.25, 0.3) is 0 Å². The van der Waals surface area contributed by atoms with E-state index in [9.17, 15) is 9.59 Å². The van der Waals surface area contributed by atoms with Crippen molar-refractivity contribution >= 4 is 45.6 Å². The molecule has 4 fully saturated rings. The van der Waals surface area contributed by atoms with Gasteiger partial charge < -0.3 is 19.7 Å². The SMILES string of the molecule is CCOC(=O)c1sc(NC(=S)N(C)C23CC4CC(CC(C4)C2)C3)c(C(=O)OCC)c1C. The number of esters is 2. The number of carbonyl (C=O) groups excluding carboxylic acids is 2. The van der Waals surface area contributed by atoms with Crippen molar-refractivity contribution in [3.05, 3.63) is 16.0 Å². The van der Waals surface area contributed by atoms with Crippen LogP contribution >= 0.6 is 23.6 Å². The third-order valence-corrected chi connectivity index (χ3v) is 8.89. The van der Waals surface area contributed by atoms with E-state index in [1.807, 2.05) is 0 Å². The predicted molar refractivity (Wildman–Crippen MR) is 126 cm³/mol. The minimum atomic E-state index is -0.449. The maximum absolute atomic E-state index is 12.7. The molecule has 1 heterocycles. The highest BCUT2D eigenvalue weighted by molar-refractivity contribution is 7.80. The van der Waals surface area contributed by atoms with E-state index in [2.05, 4.69) is 17.3 Å². The second-order valence-corrected chi connectivity index (χ2v) is 10.7. The van der Waals surface area contributed by atoms with Crippen molar-refractivity contribution in [1.29, 1.82) is 0 Å². The Morgan fingerprint density at radius 2 is 1.58 bits per heavy atom. The summed E-state index contributed by atoms with van der Waals surface area (Å²) in [5.74, 6) is 1.56. The zero-order valence-electron chi connectivity index (χ0n) is 18.8. The molecule has 8 heteroatoms. The molecule has 0 unspecified atom stereocenters. The van der Waals surface area contributed by atoms with Crippen LogP contribution in [0.5, 0.6) is 0 Å². The third kappa shape index (κ3) is 4.09. The Hall–Kier alpha value is -1.67. The Labute approximate surface area is 193 Å². The molecule has 0 spiro atoms. The molecule has 6 nitrogen and oxygen atoms in total. The summed E-state index contributed by atoms with van der Waals surface area (Å²) >= 11 is 7.04. The zero-order chi connectivity index (χ0) is 22.3. The fourth-order valence-corrected chi connectivity index (χ4v) is 7.76. The van der Waals surface area contributed by atoms with Gasteiger partial charge in [-0.15, -0.1) is 11.3 Å². The number of thiocarbonyl (C=S) groups is 1. The van der Waals surface area contributed by atoms with E-state index >= 15 is 0 Å². The summed E-state index contributed by atoms with van der Waals surface area (Å²) in [5.41, 5.74) is 1.06. The maximum atomic E-state index is 12.7. The van der Waals surface area contributed by atoms with Crippen molar-refractivity contribution in [1.82, 2.24) is 4.90 Å². The van der Waals surface area contributed by atoms with Crippen molar-refractivity contribution < 1.29 is 19.1 Å². The molecule has 5 rings (SSSR count). The first-order valence-corrected chi connectivity index (χ1v) is 12.5. The first-order chi connectivity index (χ1) is 14.8. The molecule has 0 aliphatic heterocycles. The van der Waals surface area contributed by atoms with Crippen LogP contribution in [-0.2, 0) is 9.47 Å². The molecule has 0 radical (unpaired) electrons. The molecule has 0 saturated heterocycles. The van der Waals surface area contributed by atoms with Crippen LogP contribution < -0.4 is 5.32 Å². The Balaban J connectivity index is 1.59. The number of hydrogen-bond donors (Lipinski definition) is 1. The van der Waals surface area contributed by atoms with Gasteiger partial charge in [0.1, 0.15) is 9.88 Å². The molecule has 4 aliphatic carbocycles. The largest absolute Gasteiger partial charge is 0.462 e. The topological polar surface area (TPSA) is 67.9 Å². The van der Waals surface area contributed by atoms with Crippen molar-refractivity contribution in [3.63, 3.8) is 0 Å². The molecule has 4 saturated carbocycles. The normalized spacial score (nSPS) is 28.3. The molecule has 0 aromatic carbocycles. The molecule has 31 heavy (non-hydrogen) atoms. The average Bonchev–Trinajstić information content (AvgIpc) is 3.02. The molecule has 0 atom stereocenters. The van der Waals surface area contributed by atoms with Gasteiger partial charge in [0.15, 0.2) is 5.11 Å². The summed E-state index contributed by atoms with van der Waals surface area (Å²) in [6, 6.07) is 0. The number of carbonyl (C=O) groups is 2. The van der Waals surface area contributed by atoms with Gasteiger partial charge in [0.2, 0.25) is 0 Å². The Bertz CT molecular complexity index is 859. The van der Waals surface area contributed by atoms with Crippen LogP contribution in [-0.4, -0.2) is 47.8 Å². The minimum Gasteiger partial charge on any atom is -0.462 e. The lowest BCUT2D eigenvalue weighted by Gasteiger charge is -2.60. The number of nitrogens with one attached hydrogen (secondary N) is 1. The van der Waals surface area contributed by atoms with Crippen LogP contribution in [0.15, 0.2) is 0 Å². The van der Waals surface area contributed by atoms with Crippen molar-refractivity contribution in [2.45, 2.75) is 64.8 Å². The van der Waals surface area contributed by atoms with Crippen LogP contribution in [0.1, 0.15) is 78.0 Å². The van der Waals surface area contributed by atoms with Gasteiger partial charge in [-0.25, -0.2) is 9.59 Å². The lowest BCUT2D eigenvalue weighted by molar-refractivity contribution is -0.0538. The van der Waals surface area contributed by atoms with Gasteiger partial charge in [0, 0.05) is 12.6 Å². The summed E-state index contributed by atoms with van der Waals surface area (Å²) in [7, 11) is 2.08. The number of hydrogen-bond acceptors (Lipinski definition) is 6. The van der Waals surface area contributed by atoms with Crippen LogP contribution in [0, 0.1) is 24.7 Å². The average molecular weight is 465 g/mol. The van der Waals surface area contributed by atoms with Crippen LogP contribution in [0.4, 0.5) is 5.00 Å². The smallest absolute Gasteiger partial charge is 0.348 e. The minimum absolute atomic E-state index is 0.110. The standard InChI is InChI=1S/C23H32N2O4S2/c1-5-28-20(26)17-13(3)18(21(27)29-6-2)31-19(17)24-22(30)25(4)23-10-14-7-15(11-23)9-16(8-14)12-23/h14-16H,5-12H2,1-4H3,(H,24,30). The van der Waals surface area contributed by atoms with Gasteiger partial charge in [-0.05, 0) is 94.8 Å². The molecular formula is C23H32N2O4S2. The van der Waals surface area contributed by atoms with Crippen molar-refractivity contribution in [2.75, 3.05) is 25.6 Å². The van der Waals surface area contributed by atoms with Crippen molar-refractivity contribution in [2.24, 2.45) is 17.8 Å². The molecule has 0 amide bonds. The number of ether oxygens (including phenoxy) is 2. The number of rotatable bonds is 6. The molecule has 4 aliphatic rings. The third-order valence-electron chi connectivity index (χ3n) is 7.33. The van der Waals surface area contributed by atoms with E-state index < -0.39 is 11.9 Å². The highest BCUT2D eigenvalue weighted by atomic mass is 32.1. The second kappa shape index (κ2) is 8.70. The van der Waals surface area contributed by atoms with E-state index in [1.165, 1.54) is 49.9 Å². The van der Waals surface area contributed by atoms with Crippen LogP contribution in [0.3, 0.4) is 0 Å². The Morgan fingerprint density at radius 1 is 1.06 bits per heavy atom.